The van der Waals surface area contributed by atoms with Gasteiger partial charge in [-0.3, -0.25) is 0 Å². The second-order valence-electron chi connectivity index (χ2n) is 5.23. The quantitative estimate of drug-likeness (QED) is 0.890. The standard InChI is InChI=1S/C16H20FN3O/c17-12-5-6-15(21-10-7-18)13(11-12)14-3-2-9-20(14)16-4-1-8-19-16/h1,4-6,8,11,14,19H,2-3,7,9-10,18H2/t14-/m1/s1. The lowest BCUT2D eigenvalue weighted by molar-refractivity contribution is 0.322. The summed E-state index contributed by atoms with van der Waals surface area (Å²) in [5, 5.41) is 0. The molecule has 4 nitrogen and oxygen atoms in total. The number of aromatic amines is 1. The normalized spacial score (nSPS) is 18.2. The van der Waals surface area contributed by atoms with Crippen molar-refractivity contribution in [2.45, 2.75) is 18.9 Å². The van der Waals surface area contributed by atoms with Gasteiger partial charge in [0.05, 0.1) is 6.04 Å². The lowest BCUT2D eigenvalue weighted by Crippen LogP contribution is -2.23. The molecule has 1 saturated heterocycles. The van der Waals surface area contributed by atoms with E-state index in [0.29, 0.717) is 13.2 Å². The van der Waals surface area contributed by atoms with Crippen LogP contribution < -0.4 is 15.4 Å². The van der Waals surface area contributed by atoms with Crippen LogP contribution in [-0.2, 0) is 0 Å². The van der Waals surface area contributed by atoms with Gasteiger partial charge in [-0.1, -0.05) is 0 Å². The molecule has 0 aliphatic carbocycles. The minimum Gasteiger partial charge on any atom is -0.492 e. The van der Waals surface area contributed by atoms with Crippen LogP contribution in [0.3, 0.4) is 0 Å². The molecule has 1 aromatic carbocycles. The summed E-state index contributed by atoms with van der Waals surface area (Å²) in [7, 11) is 0. The second kappa shape index (κ2) is 6.18. The number of benzene rings is 1. The summed E-state index contributed by atoms with van der Waals surface area (Å²) in [5.74, 6) is 1.56. The molecule has 0 unspecified atom stereocenters. The van der Waals surface area contributed by atoms with Gasteiger partial charge in [-0.25, -0.2) is 4.39 Å². The van der Waals surface area contributed by atoms with Gasteiger partial charge in [0, 0.05) is 24.8 Å². The molecule has 0 amide bonds. The van der Waals surface area contributed by atoms with Crippen LogP contribution in [0.2, 0.25) is 0 Å². The molecule has 1 aliphatic rings. The van der Waals surface area contributed by atoms with Gasteiger partial charge >= 0.3 is 0 Å². The van der Waals surface area contributed by atoms with E-state index in [1.807, 2.05) is 18.3 Å². The van der Waals surface area contributed by atoms with E-state index in [4.69, 9.17) is 10.5 Å². The smallest absolute Gasteiger partial charge is 0.124 e. The maximum Gasteiger partial charge on any atom is 0.124 e. The minimum atomic E-state index is -0.233. The Hall–Kier alpha value is -2.01. The number of anilines is 1. The number of nitrogens with two attached hydrogens (primary N) is 1. The molecule has 1 atom stereocenters. The monoisotopic (exact) mass is 289 g/mol. The second-order valence-corrected chi connectivity index (χ2v) is 5.23. The molecule has 0 bridgehead atoms. The molecule has 1 aromatic heterocycles. The molecule has 21 heavy (non-hydrogen) atoms. The van der Waals surface area contributed by atoms with E-state index in [9.17, 15) is 4.39 Å². The highest BCUT2D eigenvalue weighted by atomic mass is 19.1. The molecule has 5 heteroatoms. The average Bonchev–Trinajstić information content (AvgIpc) is 3.16. The number of aromatic nitrogens is 1. The van der Waals surface area contributed by atoms with Gasteiger partial charge in [0.1, 0.15) is 24.0 Å². The van der Waals surface area contributed by atoms with E-state index < -0.39 is 0 Å². The summed E-state index contributed by atoms with van der Waals surface area (Å²) in [4.78, 5) is 5.50. The van der Waals surface area contributed by atoms with Crippen molar-refractivity contribution in [2.75, 3.05) is 24.6 Å². The molecule has 3 N–H and O–H groups in total. The van der Waals surface area contributed by atoms with Crippen molar-refractivity contribution in [1.82, 2.24) is 4.98 Å². The highest BCUT2D eigenvalue weighted by Gasteiger charge is 2.29. The molecule has 2 aromatic rings. The Morgan fingerprint density at radius 1 is 1.38 bits per heavy atom. The molecular formula is C16H20FN3O. The third kappa shape index (κ3) is 2.88. The number of hydrogen-bond acceptors (Lipinski definition) is 3. The van der Waals surface area contributed by atoms with Crippen molar-refractivity contribution in [2.24, 2.45) is 5.73 Å². The highest BCUT2D eigenvalue weighted by Crippen LogP contribution is 2.39. The van der Waals surface area contributed by atoms with Crippen LogP contribution in [-0.4, -0.2) is 24.7 Å². The fourth-order valence-corrected chi connectivity index (χ4v) is 2.96. The summed E-state index contributed by atoms with van der Waals surface area (Å²) in [6.07, 6.45) is 3.97. The van der Waals surface area contributed by atoms with Gasteiger partial charge in [0.25, 0.3) is 0 Å². The largest absolute Gasteiger partial charge is 0.492 e. The van der Waals surface area contributed by atoms with Crippen molar-refractivity contribution in [3.63, 3.8) is 0 Å². The van der Waals surface area contributed by atoms with Crippen molar-refractivity contribution >= 4 is 5.82 Å². The molecule has 0 saturated carbocycles. The molecule has 3 rings (SSSR count). The summed E-state index contributed by atoms with van der Waals surface area (Å²) >= 11 is 0. The molecule has 2 heterocycles. The van der Waals surface area contributed by atoms with Gasteiger partial charge in [0.15, 0.2) is 0 Å². The first-order valence-corrected chi connectivity index (χ1v) is 7.32. The molecular weight excluding hydrogens is 269 g/mol. The first-order chi connectivity index (χ1) is 10.3. The van der Waals surface area contributed by atoms with Gasteiger partial charge in [0.2, 0.25) is 0 Å². The van der Waals surface area contributed by atoms with Crippen LogP contribution in [0.1, 0.15) is 24.4 Å². The van der Waals surface area contributed by atoms with E-state index in [2.05, 4.69) is 9.88 Å². The van der Waals surface area contributed by atoms with Crippen LogP contribution >= 0.6 is 0 Å². The number of hydrogen-bond donors (Lipinski definition) is 2. The topological polar surface area (TPSA) is 54.3 Å². The van der Waals surface area contributed by atoms with Gasteiger partial charge in [-0.05, 0) is 43.2 Å². The summed E-state index contributed by atoms with van der Waals surface area (Å²) in [6.45, 7) is 1.84. The summed E-state index contributed by atoms with van der Waals surface area (Å²) in [5.41, 5.74) is 6.40. The first kappa shape index (κ1) is 13.9. The van der Waals surface area contributed by atoms with Gasteiger partial charge < -0.3 is 20.4 Å². The van der Waals surface area contributed by atoms with Crippen LogP contribution in [0.5, 0.6) is 5.75 Å². The fraction of sp³-hybridized carbons (Fsp3) is 0.375. The van der Waals surface area contributed by atoms with Crippen molar-refractivity contribution in [3.8, 4) is 5.75 Å². The molecule has 112 valence electrons. The molecule has 0 radical (unpaired) electrons. The summed E-state index contributed by atoms with van der Waals surface area (Å²) < 4.78 is 19.4. The Bertz CT molecular complexity index is 585. The van der Waals surface area contributed by atoms with E-state index in [1.165, 1.54) is 6.07 Å². The molecule has 1 fully saturated rings. The van der Waals surface area contributed by atoms with Crippen molar-refractivity contribution in [3.05, 3.63) is 47.9 Å². The van der Waals surface area contributed by atoms with E-state index in [-0.39, 0.29) is 11.9 Å². The Labute approximate surface area is 123 Å². The Morgan fingerprint density at radius 2 is 2.29 bits per heavy atom. The lowest BCUT2D eigenvalue weighted by atomic mass is 10.0. The zero-order valence-electron chi connectivity index (χ0n) is 11.9. The molecule has 0 spiro atoms. The van der Waals surface area contributed by atoms with Crippen LogP contribution in [0.4, 0.5) is 10.2 Å². The number of halogens is 1. The molecule has 1 aliphatic heterocycles. The fourth-order valence-electron chi connectivity index (χ4n) is 2.96. The number of nitrogens with zero attached hydrogens (tertiary/aromatic N) is 1. The predicted octanol–water partition coefficient (Wildman–Crippen LogP) is 2.83. The van der Waals surface area contributed by atoms with Crippen LogP contribution in [0.15, 0.2) is 36.5 Å². The van der Waals surface area contributed by atoms with Crippen LogP contribution in [0, 0.1) is 5.82 Å². The minimum absolute atomic E-state index is 0.132. The zero-order chi connectivity index (χ0) is 14.7. The SMILES string of the molecule is NCCOc1ccc(F)cc1[C@H]1CCCN1c1ccc[nH]1. The lowest BCUT2D eigenvalue weighted by Gasteiger charge is -2.27. The Balaban J connectivity index is 1.92. The number of H-pyrrole nitrogens is 1. The van der Waals surface area contributed by atoms with Gasteiger partial charge in [-0.2, -0.15) is 0 Å². The van der Waals surface area contributed by atoms with E-state index >= 15 is 0 Å². The Morgan fingerprint density at radius 3 is 3.05 bits per heavy atom. The number of rotatable bonds is 5. The van der Waals surface area contributed by atoms with Crippen LogP contribution in [0.25, 0.3) is 0 Å². The predicted molar refractivity (Wildman–Crippen MR) is 81.1 cm³/mol. The first-order valence-electron chi connectivity index (χ1n) is 7.32. The number of ether oxygens (including phenoxy) is 1. The summed E-state index contributed by atoms with van der Waals surface area (Å²) in [6, 6.07) is 8.86. The Kier molecular flexibility index (Phi) is 4.10. The van der Waals surface area contributed by atoms with E-state index in [0.717, 1.165) is 36.5 Å². The van der Waals surface area contributed by atoms with Gasteiger partial charge in [-0.15, -0.1) is 0 Å². The number of nitrogens with one attached hydrogen (secondary N) is 1. The maximum atomic E-state index is 13.7. The zero-order valence-corrected chi connectivity index (χ0v) is 11.9. The van der Waals surface area contributed by atoms with Crippen molar-refractivity contribution < 1.29 is 9.13 Å². The highest BCUT2D eigenvalue weighted by molar-refractivity contribution is 5.48. The third-order valence-corrected chi connectivity index (χ3v) is 3.85. The third-order valence-electron chi connectivity index (χ3n) is 3.85. The maximum absolute atomic E-state index is 13.7. The van der Waals surface area contributed by atoms with Crippen molar-refractivity contribution in [1.29, 1.82) is 0 Å². The average molecular weight is 289 g/mol. The van der Waals surface area contributed by atoms with E-state index in [1.54, 1.807) is 12.1 Å².